The third-order valence-electron chi connectivity index (χ3n) is 7.43. The monoisotopic (exact) mass is 572 g/mol. The molecule has 2 aliphatic rings. The first-order chi connectivity index (χ1) is 18.4. The number of benzene rings is 3. The van der Waals surface area contributed by atoms with Crippen molar-refractivity contribution in [3.05, 3.63) is 94.0 Å². The van der Waals surface area contributed by atoms with Crippen molar-refractivity contribution < 1.29 is 23.8 Å². The lowest BCUT2D eigenvalue weighted by molar-refractivity contribution is -0.150. The van der Waals surface area contributed by atoms with Gasteiger partial charge in [-0.25, -0.2) is 0 Å². The second kappa shape index (κ2) is 9.99. The van der Waals surface area contributed by atoms with E-state index in [9.17, 15) is 14.9 Å². The molecule has 0 aliphatic carbocycles. The highest BCUT2D eigenvalue weighted by molar-refractivity contribution is 9.10. The van der Waals surface area contributed by atoms with Crippen LogP contribution in [0, 0.1) is 16.7 Å². The van der Waals surface area contributed by atoms with E-state index in [1.54, 1.807) is 56.7 Å². The summed E-state index contributed by atoms with van der Waals surface area (Å²) < 4.78 is 16.6. The summed E-state index contributed by atoms with van der Waals surface area (Å²) in [5, 5.41) is 10.7. The molecule has 0 saturated carbocycles. The van der Waals surface area contributed by atoms with Crippen LogP contribution in [0.15, 0.2) is 77.3 Å². The number of Topliss-reactive ketones (excluding diaryl/α,β-unsaturated/α-hetero) is 1. The van der Waals surface area contributed by atoms with Gasteiger partial charge < -0.3 is 19.1 Å². The van der Waals surface area contributed by atoms with Crippen LogP contribution in [0.1, 0.15) is 27.4 Å². The van der Waals surface area contributed by atoms with Gasteiger partial charge in [-0.05, 0) is 63.5 Å². The maximum Gasteiger partial charge on any atom is 0.329 e. The number of hydrogen-bond donors (Lipinski definition) is 0. The first kappa shape index (κ1) is 25.6. The molecule has 2 aliphatic heterocycles. The normalized spacial score (nSPS) is 23.1. The van der Waals surface area contributed by atoms with Crippen LogP contribution in [0.25, 0.3) is 6.08 Å². The van der Waals surface area contributed by atoms with Crippen LogP contribution in [0.2, 0.25) is 0 Å². The number of nitriles is 1. The van der Waals surface area contributed by atoms with E-state index in [0.29, 0.717) is 27.1 Å². The van der Waals surface area contributed by atoms with Crippen LogP contribution < -0.4 is 14.4 Å². The van der Waals surface area contributed by atoms with E-state index in [0.717, 1.165) is 11.3 Å². The zero-order valence-corrected chi connectivity index (χ0v) is 22.6. The van der Waals surface area contributed by atoms with Gasteiger partial charge in [0, 0.05) is 17.2 Å². The van der Waals surface area contributed by atoms with Gasteiger partial charge in [-0.2, -0.15) is 5.26 Å². The van der Waals surface area contributed by atoms with E-state index in [4.69, 9.17) is 14.2 Å². The number of nitrogens with zero attached hydrogens (tertiary/aromatic N) is 2. The fraction of sp³-hybridized carbons (Fsp3) is 0.233. The zero-order chi connectivity index (χ0) is 27.0. The molecule has 0 amide bonds. The van der Waals surface area contributed by atoms with Crippen molar-refractivity contribution in [3.63, 3.8) is 0 Å². The molecule has 38 heavy (non-hydrogen) atoms. The average Bonchev–Trinajstić information content (AvgIpc) is 3.28. The topological polar surface area (TPSA) is 88.9 Å². The fourth-order valence-corrected chi connectivity index (χ4v) is 6.25. The number of carbonyl (C=O) groups is 2. The second-order valence-electron chi connectivity index (χ2n) is 9.15. The number of methoxy groups -OCH3 is 3. The van der Waals surface area contributed by atoms with Gasteiger partial charge in [-0.3, -0.25) is 9.59 Å². The highest BCUT2D eigenvalue weighted by Gasteiger charge is 2.67. The van der Waals surface area contributed by atoms with Crippen LogP contribution in [0.4, 0.5) is 5.69 Å². The van der Waals surface area contributed by atoms with E-state index in [-0.39, 0.29) is 5.78 Å². The Balaban J connectivity index is 1.79. The number of halogens is 1. The summed E-state index contributed by atoms with van der Waals surface area (Å²) in [6, 6.07) is 20.6. The first-order valence-electron chi connectivity index (χ1n) is 12.0. The Morgan fingerprint density at radius 2 is 1.74 bits per heavy atom. The van der Waals surface area contributed by atoms with Crippen LogP contribution in [0.3, 0.4) is 0 Å². The Kier molecular flexibility index (Phi) is 6.72. The van der Waals surface area contributed by atoms with Crippen LogP contribution in [0.5, 0.6) is 11.5 Å². The Morgan fingerprint density at radius 3 is 2.37 bits per heavy atom. The number of anilines is 1. The lowest BCUT2D eigenvalue weighted by Gasteiger charge is -2.36. The fourth-order valence-electron chi connectivity index (χ4n) is 5.71. The summed E-state index contributed by atoms with van der Waals surface area (Å²) in [6.45, 7) is 0. The van der Waals surface area contributed by atoms with Crippen molar-refractivity contribution in [2.75, 3.05) is 26.2 Å². The maximum atomic E-state index is 14.5. The van der Waals surface area contributed by atoms with Gasteiger partial charge >= 0.3 is 5.97 Å². The number of ketones is 1. The molecule has 0 aromatic heterocycles. The lowest BCUT2D eigenvalue weighted by atomic mass is 9.68. The van der Waals surface area contributed by atoms with Gasteiger partial charge in [-0.1, -0.05) is 42.5 Å². The summed E-state index contributed by atoms with van der Waals surface area (Å²) in [5.41, 5.74) is 1.04. The Labute approximate surface area is 229 Å². The largest absolute Gasteiger partial charge is 0.497 e. The number of para-hydroxylation sites is 1. The minimum atomic E-state index is -1.70. The molecule has 8 heteroatoms. The molecule has 0 N–H and O–H groups in total. The van der Waals surface area contributed by atoms with Crippen molar-refractivity contribution in [2.24, 2.45) is 5.41 Å². The molecule has 3 aromatic rings. The van der Waals surface area contributed by atoms with Gasteiger partial charge in [0.15, 0.2) is 11.2 Å². The Bertz CT molecular complexity index is 1480. The molecule has 0 radical (unpaired) electrons. The summed E-state index contributed by atoms with van der Waals surface area (Å²) in [7, 11) is 4.39. The molecule has 1 fully saturated rings. The number of esters is 1. The minimum Gasteiger partial charge on any atom is -0.497 e. The maximum absolute atomic E-state index is 14.5. The number of carbonyl (C=O) groups excluding carboxylic acids is 2. The molecule has 7 nitrogen and oxygen atoms in total. The number of rotatable bonds is 6. The SMILES string of the molecule is COC(=O)[C@]1(C#N)[C@H](c2ccc(OC)cc2)[C@@H](C(=O)c2ccc(OC)c(Br)c2)N2c3ccccc3C=C[C@@H]21. The molecule has 3 aromatic carbocycles. The van der Waals surface area contributed by atoms with Gasteiger partial charge in [0.25, 0.3) is 0 Å². The quantitative estimate of drug-likeness (QED) is 0.288. The van der Waals surface area contributed by atoms with Gasteiger partial charge in [0.1, 0.15) is 17.5 Å². The van der Waals surface area contributed by atoms with E-state index < -0.39 is 29.4 Å². The standard InChI is InChI=1S/C30H25BrN2O5/c1-36-21-12-8-19(9-13-21)26-27(28(34)20-10-14-24(37-2)22(31)16-20)33-23-7-5-4-6-18(23)11-15-25(33)30(26,17-32)29(35)38-3/h4-16,25-27H,1-3H3/t25-,26-,27+,30+/m1/s1. The van der Waals surface area contributed by atoms with Crippen molar-refractivity contribution >= 4 is 39.4 Å². The van der Waals surface area contributed by atoms with E-state index in [1.807, 2.05) is 41.3 Å². The molecule has 0 spiro atoms. The minimum absolute atomic E-state index is 0.231. The molecular weight excluding hydrogens is 548 g/mol. The third-order valence-corrected chi connectivity index (χ3v) is 8.05. The summed E-state index contributed by atoms with van der Waals surface area (Å²) in [4.78, 5) is 30.0. The average molecular weight is 573 g/mol. The van der Waals surface area contributed by atoms with Gasteiger partial charge in [-0.15, -0.1) is 0 Å². The summed E-state index contributed by atoms with van der Waals surface area (Å²) >= 11 is 3.48. The highest BCUT2D eigenvalue weighted by atomic mass is 79.9. The van der Waals surface area contributed by atoms with Crippen LogP contribution in [-0.2, 0) is 9.53 Å². The van der Waals surface area contributed by atoms with E-state index in [1.165, 1.54) is 7.11 Å². The molecule has 5 rings (SSSR count). The van der Waals surface area contributed by atoms with E-state index in [2.05, 4.69) is 22.0 Å². The summed E-state index contributed by atoms with van der Waals surface area (Å²) in [6.07, 6.45) is 3.73. The molecule has 192 valence electrons. The highest BCUT2D eigenvalue weighted by Crippen LogP contribution is 2.56. The van der Waals surface area contributed by atoms with Crippen molar-refractivity contribution in [3.8, 4) is 17.6 Å². The van der Waals surface area contributed by atoms with Crippen molar-refractivity contribution in [1.29, 1.82) is 5.26 Å². The lowest BCUT2D eigenvalue weighted by Crippen LogP contribution is -2.46. The molecule has 1 saturated heterocycles. The van der Waals surface area contributed by atoms with Crippen molar-refractivity contribution in [1.82, 2.24) is 0 Å². The number of ether oxygens (including phenoxy) is 3. The zero-order valence-electron chi connectivity index (χ0n) is 21.1. The third kappa shape index (κ3) is 3.77. The van der Waals surface area contributed by atoms with Crippen LogP contribution in [-0.4, -0.2) is 45.2 Å². The molecule has 4 atom stereocenters. The van der Waals surface area contributed by atoms with E-state index >= 15 is 0 Å². The first-order valence-corrected chi connectivity index (χ1v) is 12.8. The predicted octanol–water partition coefficient (Wildman–Crippen LogP) is 5.40. The molecule has 2 heterocycles. The molecular formula is C30H25BrN2O5. The smallest absolute Gasteiger partial charge is 0.329 e. The second-order valence-corrected chi connectivity index (χ2v) is 10.0. The summed E-state index contributed by atoms with van der Waals surface area (Å²) in [5.74, 6) is -0.557. The van der Waals surface area contributed by atoms with Gasteiger partial charge in [0.05, 0.1) is 37.9 Å². The predicted molar refractivity (Wildman–Crippen MR) is 146 cm³/mol. The number of fused-ring (bicyclic) bond motifs is 3. The van der Waals surface area contributed by atoms with Crippen LogP contribution >= 0.6 is 15.9 Å². The Morgan fingerprint density at radius 1 is 1.00 bits per heavy atom. The Hall–Kier alpha value is -4.09. The molecule has 0 unspecified atom stereocenters. The molecule has 0 bridgehead atoms. The number of hydrogen-bond acceptors (Lipinski definition) is 7. The van der Waals surface area contributed by atoms with Gasteiger partial charge in [0.2, 0.25) is 0 Å². The van der Waals surface area contributed by atoms with Crippen molar-refractivity contribution in [2.45, 2.75) is 18.0 Å².